The fourth-order valence-corrected chi connectivity index (χ4v) is 5.60. The number of carboxylic acid groups (broad SMARTS) is 1. The van der Waals surface area contributed by atoms with Gasteiger partial charge in [-0.15, -0.1) is 0 Å². The van der Waals surface area contributed by atoms with Crippen molar-refractivity contribution < 1.29 is 34.8 Å². The number of anilines is 1. The lowest BCUT2D eigenvalue weighted by Crippen LogP contribution is -2.64. The standard InChI is InChI=1S/C21H26N2O7/c24-14-5-4-11-12-3-1-2-10-8-23(7-6-22(15(10)12)9-13(11)14)20-18(27)16(25)17(26)19(30-20)21(28)29/h1-3,11,13,16-20,25-27H,4-9H2,(H,28,29)/t11-,13+,16?,17?,18?,19?,20?/m1/s1. The number of para-hydroxylation sites is 1. The summed E-state index contributed by atoms with van der Waals surface area (Å²) in [6.45, 7) is 2.11. The average Bonchev–Trinajstić information content (AvgIpc) is 2.99. The number of carboxylic acids is 1. The summed E-state index contributed by atoms with van der Waals surface area (Å²) in [7, 11) is 0. The van der Waals surface area contributed by atoms with E-state index < -0.39 is 36.6 Å². The molecule has 0 bridgehead atoms. The van der Waals surface area contributed by atoms with E-state index in [0.29, 0.717) is 38.4 Å². The zero-order valence-electron chi connectivity index (χ0n) is 16.4. The van der Waals surface area contributed by atoms with Crippen molar-refractivity contribution in [1.29, 1.82) is 0 Å². The number of ether oxygens (including phenoxy) is 1. The van der Waals surface area contributed by atoms with E-state index in [1.54, 1.807) is 4.90 Å². The van der Waals surface area contributed by atoms with E-state index in [1.165, 1.54) is 5.56 Å². The first kappa shape index (κ1) is 19.9. The first-order chi connectivity index (χ1) is 14.4. The van der Waals surface area contributed by atoms with Crippen molar-refractivity contribution in [3.63, 3.8) is 0 Å². The normalized spacial score (nSPS) is 38.7. The van der Waals surface area contributed by atoms with E-state index >= 15 is 0 Å². The lowest BCUT2D eigenvalue weighted by molar-refractivity contribution is -0.260. The van der Waals surface area contributed by atoms with Crippen molar-refractivity contribution in [2.75, 3.05) is 24.5 Å². The molecule has 30 heavy (non-hydrogen) atoms. The van der Waals surface area contributed by atoms with Gasteiger partial charge in [0, 0.05) is 44.2 Å². The van der Waals surface area contributed by atoms with Gasteiger partial charge in [-0.25, -0.2) is 4.79 Å². The maximum atomic E-state index is 12.4. The maximum absolute atomic E-state index is 12.4. The molecule has 9 heteroatoms. The molecule has 1 aromatic carbocycles. The third-order valence-corrected chi connectivity index (χ3v) is 7.11. The highest BCUT2D eigenvalue weighted by atomic mass is 16.6. The van der Waals surface area contributed by atoms with Crippen LogP contribution in [0, 0.1) is 5.92 Å². The number of aliphatic hydroxyl groups excluding tert-OH is 3. The van der Waals surface area contributed by atoms with Crippen LogP contribution in [0.4, 0.5) is 5.69 Å². The van der Waals surface area contributed by atoms with Crippen LogP contribution < -0.4 is 4.90 Å². The third-order valence-electron chi connectivity index (χ3n) is 7.11. The minimum absolute atomic E-state index is 0.00387. The molecule has 4 aliphatic rings. The highest BCUT2D eigenvalue weighted by Crippen LogP contribution is 2.48. The molecule has 0 amide bonds. The highest BCUT2D eigenvalue weighted by molar-refractivity contribution is 5.87. The summed E-state index contributed by atoms with van der Waals surface area (Å²) in [6.07, 6.45) is -5.97. The van der Waals surface area contributed by atoms with Crippen LogP contribution in [0.2, 0.25) is 0 Å². The predicted octanol–water partition coefficient (Wildman–Crippen LogP) is -0.723. The Kier molecular flexibility index (Phi) is 4.83. The second kappa shape index (κ2) is 7.28. The fourth-order valence-electron chi connectivity index (χ4n) is 5.60. The monoisotopic (exact) mass is 418 g/mol. The summed E-state index contributed by atoms with van der Waals surface area (Å²) in [5, 5.41) is 40.1. The topological polar surface area (TPSA) is 131 Å². The number of benzene rings is 1. The van der Waals surface area contributed by atoms with Gasteiger partial charge >= 0.3 is 5.97 Å². The Bertz CT molecular complexity index is 877. The quantitative estimate of drug-likeness (QED) is 0.491. The molecular formula is C21H26N2O7. The number of Topliss-reactive ketones (excluding diaryl/α,β-unsaturated/α-hetero) is 1. The Morgan fingerprint density at radius 3 is 2.63 bits per heavy atom. The molecule has 0 aromatic heterocycles. The smallest absolute Gasteiger partial charge is 0.335 e. The van der Waals surface area contributed by atoms with Gasteiger partial charge in [0.15, 0.2) is 6.10 Å². The number of nitrogens with zero attached hydrogens (tertiary/aromatic N) is 2. The molecule has 5 rings (SSSR count). The fraction of sp³-hybridized carbons (Fsp3) is 0.619. The molecule has 162 valence electrons. The van der Waals surface area contributed by atoms with Gasteiger partial charge in [0.05, 0.1) is 0 Å². The lowest BCUT2D eigenvalue weighted by Gasteiger charge is -2.43. The first-order valence-electron chi connectivity index (χ1n) is 10.4. The number of carbonyl (C=O) groups excluding carboxylic acids is 1. The Labute approximate surface area is 173 Å². The zero-order chi connectivity index (χ0) is 21.2. The second-order valence-corrected chi connectivity index (χ2v) is 8.75. The van der Waals surface area contributed by atoms with Crippen LogP contribution in [-0.2, 0) is 20.9 Å². The molecular weight excluding hydrogens is 392 g/mol. The molecule has 2 fully saturated rings. The van der Waals surface area contributed by atoms with Crippen LogP contribution in [0.5, 0.6) is 0 Å². The van der Waals surface area contributed by atoms with Gasteiger partial charge in [-0.1, -0.05) is 18.2 Å². The van der Waals surface area contributed by atoms with Crippen LogP contribution in [-0.4, -0.2) is 87.4 Å². The Balaban J connectivity index is 1.47. The van der Waals surface area contributed by atoms with E-state index in [4.69, 9.17) is 4.74 Å². The van der Waals surface area contributed by atoms with Crippen molar-refractivity contribution in [2.24, 2.45) is 5.92 Å². The summed E-state index contributed by atoms with van der Waals surface area (Å²) in [5.41, 5.74) is 3.32. The number of rotatable bonds is 2. The van der Waals surface area contributed by atoms with E-state index in [-0.39, 0.29) is 11.8 Å². The number of aliphatic hydroxyl groups is 3. The number of carbonyl (C=O) groups is 2. The largest absolute Gasteiger partial charge is 0.479 e. The summed E-state index contributed by atoms with van der Waals surface area (Å²) < 4.78 is 5.55. The van der Waals surface area contributed by atoms with E-state index in [2.05, 4.69) is 11.0 Å². The van der Waals surface area contributed by atoms with Crippen LogP contribution in [0.15, 0.2) is 18.2 Å². The molecule has 1 aliphatic carbocycles. The molecule has 0 spiro atoms. The Morgan fingerprint density at radius 2 is 1.87 bits per heavy atom. The molecule has 0 radical (unpaired) electrons. The summed E-state index contributed by atoms with van der Waals surface area (Å²) >= 11 is 0. The predicted molar refractivity (Wildman–Crippen MR) is 104 cm³/mol. The van der Waals surface area contributed by atoms with Gasteiger partial charge in [0.25, 0.3) is 0 Å². The van der Waals surface area contributed by atoms with E-state index in [9.17, 15) is 30.0 Å². The molecule has 5 unspecified atom stereocenters. The minimum Gasteiger partial charge on any atom is -0.479 e. The van der Waals surface area contributed by atoms with E-state index in [0.717, 1.165) is 17.7 Å². The van der Waals surface area contributed by atoms with Crippen LogP contribution in [0.25, 0.3) is 0 Å². The van der Waals surface area contributed by atoms with Gasteiger partial charge in [0.1, 0.15) is 30.3 Å². The molecule has 4 N–H and O–H groups in total. The van der Waals surface area contributed by atoms with Crippen molar-refractivity contribution in [3.8, 4) is 0 Å². The molecule has 9 nitrogen and oxygen atoms in total. The van der Waals surface area contributed by atoms with Crippen molar-refractivity contribution in [3.05, 3.63) is 29.3 Å². The average molecular weight is 418 g/mol. The van der Waals surface area contributed by atoms with Crippen molar-refractivity contribution in [1.82, 2.24) is 4.90 Å². The van der Waals surface area contributed by atoms with Crippen LogP contribution >= 0.6 is 0 Å². The highest BCUT2D eigenvalue weighted by Gasteiger charge is 2.50. The summed E-state index contributed by atoms with van der Waals surface area (Å²) in [4.78, 5) is 27.9. The lowest BCUT2D eigenvalue weighted by atomic mass is 9.82. The van der Waals surface area contributed by atoms with Gasteiger partial charge in [-0.3, -0.25) is 9.69 Å². The first-order valence-corrected chi connectivity index (χ1v) is 10.4. The van der Waals surface area contributed by atoms with E-state index in [1.807, 2.05) is 12.1 Å². The summed E-state index contributed by atoms with van der Waals surface area (Å²) in [5.74, 6) is -0.837. The number of aliphatic carboxylic acids is 1. The number of ketones is 1. The molecule has 1 saturated carbocycles. The number of hydrogen-bond donors (Lipinski definition) is 4. The maximum Gasteiger partial charge on any atom is 0.335 e. The van der Waals surface area contributed by atoms with Gasteiger partial charge < -0.3 is 30.1 Å². The molecule has 3 aliphatic heterocycles. The zero-order valence-corrected chi connectivity index (χ0v) is 16.4. The van der Waals surface area contributed by atoms with Crippen molar-refractivity contribution in [2.45, 2.75) is 55.9 Å². The minimum atomic E-state index is -1.71. The molecule has 1 saturated heterocycles. The molecule has 3 heterocycles. The number of hydrogen-bond acceptors (Lipinski definition) is 8. The molecule has 1 aromatic rings. The van der Waals surface area contributed by atoms with Gasteiger partial charge in [-0.05, 0) is 23.5 Å². The molecule has 7 atom stereocenters. The van der Waals surface area contributed by atoms with Crippen molar-refractivity contribution >= 4 is 17.4 Å². The third kappa shape index (κ3) is 2.96. The Morgan fingerprint density at radius 1 is 1.07 bits per heavy atom. The van der Waals surface area contributed by atoms with Gasteiger partial charge in [0.2, 0.25) is 0 Å². The second-order valence-electron chi connectivity index (χ2n) is 8.75. The Hall–Kier alpha value is -2.04. The summed E-state index contributed by atoms with van der Waals surface area (Å²) in [6, 6.07) is 6.05. The SMILES string of the molecule is O=C(O)C1OC(N2CCN3C[C@@H]4C(=O)CC[C@@H]4c4cccc(c43)C2)C(O)C(O)C1O. The number of fused-ring (bicyclic) bond motifs is 2. The van der Waals surface area contributed by atoms with Gasteiger partial charge in [-0.2, -0.15) is 0 Å². The van der Waals surface area contributed by atoms with Crippen LogP contribution in [0.3, 0.4) is 0 Å². The van der Waals surface area contributed by atoms with Crippen LogP contribution in [0.1, 0.15) is 29.9 Å².